The molecule has 0 amide bonds. The minimum absolute atomic E-state index is 0.191. The van der Waals surface area contributed by atoms with E-state index in [0.717, 1.165) is 0 Å². The van der Waals surface area contributed by atoms with Crippen molar-refractivity contribution in [1.29, 1.82) is 0 Å². The normalized spacial score (nSPS) is 11.0. The van der Waals surface area contributed by atoms with Crippen LogP contribution in [0.1, 0.15) is 10.4 Å². The van der Waals surface area contributed by atoms with E-state index in [0.29, 0.717) is 6.07 Å². The van der Waals surface area contributed by atoms with E-state index in [1.807, 2.05) is 0 Å². The number of nitro groups is 1. The largest absolute Gasteiger partial charge is 0.575 e. The zero-order valence-corrected chi connectivity index (χ0v) is 7.78. The van der Waals surface area contributed by atoms with E-state index in [-0.39, 0.29) is 6.29 Å². The Balaban J connectivity index is 3.39. The molecule has 0 aliphatic rings. The third-order valence-corrected chi connectivity index (χ3v) is 1.55. The number of aldehydes is 1. The number of nitrogens with one attached hydrogen (secondary N) is 1. The molecule has 0 aliphatic carbocycles. The highest BCUT2D eigenvalue weighted by molar-refractivity contribution is 5.78. The van der Waals surface area contributed by atoms with Gasteiger partial charge in [0.15, 0.2) is 6.29 Å². The number of nitrogens with zero attached hydrogens (tertiary/aromatic N) is 1. The number of halogens is 3. The Morgan fingerprint density at radius 3 is 2.47 bits per heavy atom. The van der Waals surface area contributed by atoms with Gasteiger partial charge in [0.25, 0.3) is 0 Å². The smallest absolute Gasteiger partial charge is 0.369 e. The maximum Gasteiger partial charge on any atom is 0.575 e. The number of H-pyrrole nitrogens is 1. The summed E-state index contributed by atoms with van der Waals surface area (Å²) >= 11 is 0. The van der Waals surface area contributed by atoms with Gasteiger partial charge in [0.1, 0.15) is 5.56 Å². The molecule has 1 heterocycles. The fourth-order valence-electron chi connectivity index (χ4n) is 0.940. The molecule has 0 fully saturated rings. The zero-order valence-electron chi connectivity index (χ0n) is 7.78. The number of carbonyl (C=O) groups excluding carboxylic acids is 1. The van der Waals surface area contributed by atoms with E-state index in [2.05, 4.69) is 4.74 Å². The highest BCUT2D eigenvalue weighted by Crippen LogP contribution is 2.23. The summed E-state index contributed by atoms with van der Waals surface area (Å²) in [5.41, 5.74) is -2.22. The highest BCUT2D eigenvalue weighted by atomic mass is 19.4. The summed E-state index contributed by atoms with van der Waals surface area (Å²) in [5.74, 6) is -2.33. The average Bonchev–Trinajstić information content (AvgIpc) is 2.14. The van der Waals surface area contributed by atoms with Gasteiger partial charge in [-0.15, -0.1) is 13.2 Å². The Bertz CT molecular complexity index is 521. The summed E-state index contributed by atoms with van der Waals surface area (Å²) in [7, 11) is 0. The van der Waals surface area contributed by atoms with Crippen molar-refractivity contribution in [2.75, 3.05) is 0 Å². The Morgan fingerprint density at radius 2 is 2.06 bits per heavy atom. The molecule has 1 rings (SSSR count). The Kier molecular flexibility index (Phi) is 3.16. The van der Waals surface area contributed by atoms with Crippen LogP contribution >= 0.6 is 0 Å². The number of aromatic nitrogens is 1. The van der Waals surface area contributed by atoms with Crippen molar-refractivity contribution in [3.8, 4) is 5.88 Å². The molecule has 0 spiro atoms. The molecule has 1 aromatic rings. The van der Waals surface area contributed by atoms with Gasteiger partial charge in [-0.2, -0.15) is 0 Å². The number of hydrogen-bond acceptors (Lipinski definition) is 5. The minimum Gasteiger partial charge on any atom is -0.369 e. The topological polar surface area (TPSA) is 102 Å². The van der Waals surface area contributed by atoms with Gasteiger partial charge in [0.05, 0.1) is 6.07 Å². The fraction of sp³-hybridized carbons (Fsp3) is 0.143. The van der Waals surface area contributed by atoms with Gasteiger partial charge in [-0.1, -0.05) is 0 Å². The average molecular weight is 252 g/mol. The number of carbonyl (C=O) groups is 1. The van der Waals surface area contributed by atoms with Crippen LogP contribution in [0, 0.1) is 10.1 Å². The van der Waals surface area contributed by atoms with Crippen molar-refractivity contribution in [3.05, 3.63) is 32.0 Å². The fourth-order valence-corrected chi connectivity index (χ4v) is 0.940. The van der Waals surface area contributed by atoms with Crippen molar-refractivity contribution >= 4 is 12.1 Å². The maximum atomic E-state index is 11.9. The lowest BCUT2D eigenvalue weighted by Gasteiger charge is -2.07. The van der Waals surface area contributed by atoms with Gasteiger partial charge < -0.3 is 14.9 Å². The van der Waals surface area contributed by atoms with E-state index in [4.69, 9.17) is 0 Å². The van der Waals surface area contributed by atoms with Crippen LogP contribution in [0.5, 0.6) is 5.88 Å². The SMILES string of the molecule is O=Cc1c(OC(F)(F)F)[nH]c([N+](=O)[O-])cc1=O. The molecule has 17 heavy (non-hydrogen) atoms. The van der Waals surface area contributed by atoms with Gasteiger partial charge in [-0.3, -0.25) is 9.59 Å². The summed E-state index contributed by atoms with van der Waals surface area (Å²) in [6.07, 6.45) is -5.38. The van der Waals surface area contributed by atoms with Crippen molar-refractivity contribution in [1.82, 2.24) is 4.98 Å². The van der Waals surface area contributed by atoms with Crippen molar-refractivity contribution in [2.24, 2.45) is 0 Å². The van der Waals surface area contributed by atoms with Gasteiger partial charge in [-0.25, -0.2) is 4.98 Å². The molecule has 0 aliphatic heterocycles. The molecule has 0 bridgehead atoms. The third-order valence-electron chi connectivity index (χ3n) is 1.55. The lowest BCUT2D eigenvalue weighted by Crippen LogP contribution is -2.22. The lowest BCUT2D eigenvalue weighted by molar-refractivity contribution is -0.390. The first kappa shape index (κ1) is 12.7. The minimum atomic E-state index is -5.18. The van der Waals surface area contributed by atoms with Gasteiger partial charge in [0, 0.05) is 0 Å². The van der Waals surface area contributed by atoms with Crippen LogP contribution in [-0.2, 0) is 0 Å². The molecule has 0 saturated heterocycles. The monoisotopic (exact) mass is 252 g/mol. The second-order valence-electron chi connectivity index (χ2n) is 2.68. The first-order valence-electron chi connectivity index (χ1n) is 3.87. The van der Waals surface area contributed by atoms with Gasteiger partial charge in [-0.05, 0) is 4.92 Å². The number of alkyl halides is 3. The summed E-state index contributed by atoms with van der Waals surface area (Å²) in [4.78, 5) is 32.2. The quantitative estimate of drug-likeness (QED) is 0.491. The molecule has 10 heteroatoms. The Hall–Kier alpha value is -2.39. The van der Waals surface area contributed by atoms with Crippen LogP contribution in [0.2, 0.25) is 0 Å². The van der Waals surface area contributed by atoms with Crippen molar-refractivity contribution < 1.29 is 27.6 Å². The van der Waals surface area contributed by atoms with Crippen LogP contribution in [0.15, 0.2) is 10.9 Å². The van der Waals surface area contributed by atoms with E-state index in [1.165, 1.54) is 0 Å². The van der Waals surface area contributed by atoms with Crippen LogP contribution in [0.25, 0.3) is 0 Å². The summed E-state index contributed by atoms with van der Waals surface area (Å²) in [6, 6.07) is 0.382. The molecule has 0 unspecified atom stereocenters. The second-order valence-corrected chi connectivity index (χ2v) is 2.68. The number of aromatic amines is 1. The second kappa shape index (κ2) is 4.23. The highest BCUT2D eigenvalue weighted by Gasteiger charge is 2.35. The molecule has 0 radical (unpaired) electrons. The summed E-state index contributed by atoms with van der Waals surface area (Å²) in [6.45, 7) is 0. The van der Waals surface area contributed by atoms with Crippen LogP contribution in [0.3, 0.4) is 0 Å². The first-order chi connectivity index (χ1) is 7.74. The number of ether oxygens (including phenoxy) is 1. The first-order valence-corrected chi connectivity index (χ1v) is 3.87. The standard InChI is InChI=1S/C7H3F3N2O5/c8-7(9,10)17-6-3(2-13)4(14)1-5(11-6)12(15)16/h1-2H,(H,11,14). The number of hydrogen-bond donors (Lipinski definition) is 1. The maximum absolute atomic E-state index is 11.9. The molecule has 1 aromatic heterocycles. The molecular weight excluding hydrogens is 249 g/mol. The lowest BCUT2D eigenvalue weighted by atomic mass is 10.3. The Labute approximate surface area is 90.0 Å². The van der Waals surface area contributed by atoms with E-state index >= 15 is 0 Å². The van der Waals surface area contributed by atoms with Crippen LogP contribution < -0.4 is 10.2 Å². The summed E-state index contributed by atoms with van der Waals surface area (Å²) in [5, 5.41) is 10.3. The van der Waals surface area contributed by atoms with Gasteiger partial charge in [0.2, 0.25) is 5.43 Å². The number of pyridine rings is 1. The predicted molar refractivity (Wildman–Crippen MR) is 45.8 cm³/mol. The summed E-state index contributed by atoms with van der Waals surface area (Å²) < 4.78 is 39.0. The molecule has 0 saturated carbocycles. The van der Waals surface area contributed by atoms with Crippen molar-refractivity contribution in [2.45, 2.75) is 6.36 Å². The number of rotatable bonds is 3. The van der Waals surface area contributed by atoms with E-state index in [1.54, 1.807) is 4.98 Å². The molecule has 0 aromatic carbocycles. The third kappa shape index (κ3) is 3.03. The van der Waals surface area contributed by atoms with E-state index < -0.39 is 34.0 Å². The predicted octanol–water partition coefficient (Wildman–Crippen LogP) is 0.994. The van der Waals surface area contributed by atoms with Crippen LogP contribution in [0.4, 0.5) is 19.0 Å². The van der Waals surface area contributed by atoms with Gasteiger partial charge >= 0.3 is 18.1 Å². The molecule has 7 nitrogen and oxygen atoms in total. The van der Waals surface area contributed by atoms with Crippen LogP contribution in [-0.4, -0.2) is 22.6 Å². The molecular formula is C7H3F3N2O5. The molecule has 92 valence electrons. The van der Waals surface area contributed by atoms with E-state index in [9.17, 15) is 32.9 Å². The zero-order chi connectivity index (χ0) is 13.2. The molecule has 0 atom stereocenters. The Morgan fingerprint density at radius 1 is 1.47 bits per heavy atom. The molecule has 1 N–H and O–H groups in total. The van der Waals surface area contributed by atoms with Crippen molar-refractivity contribution in [3.63, 3.8) is 0 Å².